The van der Waals surface area contributed by atoms with Gasteiger partial charge in [0.1, 0.15) is 0 Å². The molecule has 1 saturated heterocycles. The van der Waals surface area contributed by atoms with Crippen LogP contribution in [0.3, 0.4) is 0 Å². The number of carbonyl (C=O) groups is 2. The highest BCUT2D eigenvalue weighted by molar-refractivity contribution is 5.83. The summed E-state index contributed by atoms with van der Waals surface area (Å²) in [7, 11) is 3.99. The zero-order valence-corrected chi connectivity index (χ0v) is 18.1. The smallest absolute Gasteiger partial charge is 0.224 e. The molecule has 1 fully saturated rings. The first kappa shape index (κ1) is 22.0. The van der Waals surface area contributed by atoms with Crippen LogP contribution in [0, 0.1) is 5.92 Å². The van der Waals surface area contributed by atoms with Crippen molar-refractivity contribution in [3.63, 3.8) is 0 Å². The standard InChI is InChI=1S/C25H33N3O2/c1-27(2)17-18-28-19-22(13-14-24(28)29)25(30)26-16-15-23(20-9-5-3-6-10-20)21-11-7-4-8-12-21/h3-12,22-23H,13-19H2,1-2H3,(H,26,30). The lowest BCUT2D eigenvalue weighted by Gasteiger charge is -2.32. The third kappa shape index (κ3) is 6.17. The molecule has 0 bridgehead atoms. The molecule has 0 aromatic heterocycles. The first-order chi connectivity index (χ1) is 14.5. The first-order valence-corrected chi connectivity index (χ1v) is 10.8. The van der Waals surface area contributed by atoms with Crippen molar-refractivity contribution in [2.45, 2.75) is 25.2 Å². The van der Waals surface area contributed by atoms with Crippen LogP contribution >= 0.6 is 0 Å². The lowest BCUT2D eigenvalue weighted by Crippen LogP contribution is -2.47. The predicted molar refractivity (Wildman–Crippen MR) is 120 cm³/mol. The van der Waals surface area contributed by atoms with Crippen molar-refractivity contribution in [2.75, 3.05) is 40.3 Å². The molecule has 5 heteroatoms. The molecule has 0 spiro atoms. The van der Waals surface area contributed by atoms with E-state index >= 15 is 0 Å². The normalized spacial score (nSPS) is 16.9. The zero-order chi connectivity index (χ0) is 21.3. The van der Waals surface area contributed by atoms with Gasteiger partial charge in [0.15, 0.2) is 0 Å². The van der Waals surface area contributed by atoms with E-state index in [-0.39, 0.29) is 23.7 Å². The Balaban J connectivity index is 1.56. The van der Waals surface area contributed by atoms with Gasteiger partial charge >= 0.3 is 0 Å². The molecule has 2 aromatic carbocycles. The van der Waals surface area contributed by atoms with Gasteiger partial charge < -0.3 is 15.1 Å². The highest BCUT2D eigenvalue weighted by atomic mass is 16.2. The topological polar surface area (TPSA) is 52.6 Å². The monoisotopic (exact) mass is 407 g/mol. The fourth-order valence-electron chi connectivity index (χ4n) is 4.05. The summed E-state index contributed by atoms with van der Waals surface area (Å²) >= 11 is 0. The number of likely N-dealkylation sites (N-methyl/N-ethyl adjacent to an activating group) is 1. The Bertz CT molecular complexity index is 768. The third-order valence-electron chi connectivity index (χ3n) is 5.82. The highest BCUT2D eigenvalue weighted by Crippen LogP contribution is 2.27. The van der Waals surface area contributed by atoms with E-state index in [4.69, 9.17) is 0 Å². The van der Waals surface area contributed by atoms with Crippen LogP contribution in [-0.4, -0.2) is 61.9 Å². The van der Waals surface area contributed by atoms with Crippen molar-refractivity contribution in [1.82, 2.24) is 15.1 Å². The summed E-state index contributed by atoms with van der Waals surface area (Å²) in [5.41, 5.74) is 2.52. The van der Waals surface area contributed by atoms with Gasteiger partial charge in [-0.1, -0.05) is 60.7 Å². The van der Waals surface area contributed by atoms with Crippen LogP contribution in [0.4, 0.5) is 0 Å². The second kappa shape index (κ2) is 10.9. The summed E-state index contributed by atoms with van der Waals surface area (Å²) in [6, 6.07) is 20.9. The van der Waals surface area contributed by atoms with Crippen LogP contribution in [-0.2, 0) is 9.59 Å². The van der Waals surface area contributed by atoms with E-state index in [1.807, 2.05) is 31.1 Å². The minimum absolute atomic E-state index is 0.0669. The van der Waals surface area contributed by atoms with Crippen molar-refractivity contribution in [3.05, 3.63) is 71.8 Å². The zero-order valence-electron chi connectivity index (χ0n) is 18.1. The molecule has 0 radical (unpaired) electrons. The van der Waals surface area contributed by atoms with Gasteiger partial charge in [-0.3, -0.25) is 9.59 Å². The lowest BCUT2D eigenvalue weighted by atomic mass is 9.88. The van der Waals surface area contributed by atoms with Crippen molar-refractivity contribution >= 4 is 11.8 Å². The fraction of sp³-hybridized carbons (Fsp3) is 0.440. The fourth-order valence-corrected chi connectivity index (χ4v) is 4.05. The Morgan fingerprint density at radius 3 is 2.23 bits per heavy atom. The van der Waals surface area contributed by atoms with Gasteiger partial charge in [0.2, 0.25) is 11.8 Å². The van der Waals surface area contributed by atoms with Crippen molar-refractivity contribution in [1.29, 1.82) is 0 Å². The molecule has 1 atom stereocenters. The number of nitrogens with zero attached hydrogens (tertiary/aromatic N) is 2. The van der Waals surface area contributed by atoms with Crippen LogP contribution in [0.15, 0.2) is 60.7 Å². The number of hydrogen-bond donors (Lipinski definition) is 1. The van der Waals surface area contributed by atoms with Crippen molar-refractivity contribution < 1.29 is 9.59 Å². The molecule has 1 heterocycles. The maximum Gasteiger partial charge on any atom is 0.224 e. The van der Waals surface area contributed by atoms with Gasteiger partial charge in [-0.2, -0.15) is 0 Å². The molecule has 30 heavy (non-hydrogen) atoms. The van der Waals surface area contributed by atoms with E-state index in [1.54, 1.807) is 0 Å². The Kier molecular flexibility index (Phi) is 8.03. The summed E-state index contributed by atoms with van der Waals surface area (Å²) < 4.78 is 0. The maximum absolute atomic E-state index is 12.8. The van der Waals surface area contributed by atoms with Crippen LogP contribution in [0.5, 0.6) is 0 Å². The molecule has 0 aliphatic carbocycles. The van der Waals surface area contributed by atoms with Crippen molar-refractivity contribution in [3.8, 4) is 0 Å². The SMILES string of the molecule is CN(C)CCN1CC(C(=O)NCCC(c2ccccc2)c2ccccc2)CCC1=O. The molecule has 2 aromatic rings. The van der Waals surface area contributed by atoms with Crippen LogP contribution in [0.1, 0.15) is 36.3 Å². The maximum atomic E-state index is 12.8. The molecule has 160 valence electrons. The summed E-state index contributed by atoms with van der Waals surface area (Å²) in [5.74, 6) is 0.361. The molecular formula is C25H33N3O2. The highest BCUT2D eigenvalue weighted by Gasteiger charge is 2.30. The average molecular weight is 408 g/mol. The van der Waals surface area contributed by atoms with E-state index in [9.17, 15) is 9.59 Å². The molecule has 2 amide bonds. The number of hydrogen-bond acceptors (Lipinski definition) is 3. The van der Waals surface area contributed by atoms with Gasteiger partial charge in [0.25, 0.3) is 0 Å². The van der Waals surface area contributed by atoms with Gasteiger partial charge in [-0.25, -0.2) is 0 Å². The average Bonchev–Trinajstić information content (AvgIpc) is 2.77. The van der Waals surface area contributed by atoms with E-state index in [0.717, 1.165) is 13.0 Å². The number of rotatable bonds is 9. The molecule has 0 saturated carbocycles. The minimum Gasteiger partial charge on any atom is -0.356 e. The second-order valence-corrected chi connectivity index (χ2v) is 8.33. The first-order valence-electron chi connectivity index (χ1n) is 10.8. The lowest BCUT2D eigenvalue weighted by molar-refractivity contribution is -0.138. The summed E-state index contributed by atoms with van der Waals surface area (Å²) in [4.78, 5) is 28.8. The third-order valence-corrected chi connectivity index (χ3v) is 5.82. The molecule has 1 aliphatic rings. The largest absolute Gasteiger partial charge is 0.356 e. The van der Waals surface area contributed by atoms with E-state index in [0.29, 0.717) is 32.5 Å². The molecule has 1 N–H and O–H groups in total. The van der Waals surface area contributed by atoms with Gasteiger partial charge in [0, 0.05) is 38.5 Å². The number of carbonyl (C=O) groups excluding carboxylic acids is 2. The van der Waals surface area contributed by atoms with Gasteiger partial charge in [0.05, 0.1) is 5.92 Å². The number of benzene rings is 2. The van der Waals surface area contributed by atoms with E-state index in [1.165, 1.54) is 11.1 Å². The summed E-state index contributed by atoms with van der Waals surface area (Å²) in [5, 5.41) is 3.14. The Labute approximate surface area is 180 Å². The summed E-state index contributed by atoms with van der Waals surface area (Å²) in [6.45, 7) is 2.64. The molecule has 1 aliphatic heterocycles. The molecule has 3 rings (SSSR count). The predicted octanol–water partition coefficient (Wildman–Crippen LogP) is 3.13. The number of likely N-dealkylation sites (tertiary alicyclic amines) is 1. The van der Waals surface area contributed by atoms with Crippen LogP contribution in [0.2, 0.25) is 0 Å². The Hall–Kier alpha value is -2.66. The number of nitrogens with one attached hydrogen (secondary N) is 1. The van der Waals surface area contributed by atoms with E-state index < -0.39 is 0 Å². The quantitative estimate of drug-likeness (QED) is 0.695. The molecule has 5 nitrogen and oxygen atoms in total. The van der Waals surface area contributed by atoms with Crippen molar-refractivity contribution in [2.24, 2.45) is 5.92 Å². The summed E-state index contributed by atoms with van der Waals surface area (Å²) in [6.07, 6.45) is 1.95. The van der Waals surface area contributed by atoms with E-state index in [2.05, 4.69) is 58.7 Å². The van der Waals surface area contributed by atoms with Crippen LogP contribution < -0.4 is 5.32 Å². The number of piperidine rings is 1. The van der Waals surface area contributed by atoms with Gasteiger partial charge in [-0.15, -0.1) is 0 Å². The molecule has 1 unspecified atom stereocenters. The minimum atomic E-state index is -0.114. The van der Waals surface area contributed by atoms with Gasteiger partial charge in [-0.05, 0) is 38.1 Å². The number of amides is 2. The Morgan fingerprint density at radius 2 is 1.67 bits per heavy atom. The molecular weight excluding hydrogens is 374 g/mol. The van der Waals surface area contributed by atoms with Crippen LogP contribution in [0.25, 0.3) is 0 Å². The second-order valence-electron chi connectivity index (χ2n) is 8.33. The Morgan fingerprint density at radius 1 is 1.07 bits per heavy atom.